The smallest absolute Gasteiger partial charge is 0.238 e. The molecule has 1 saturated carbocycles. The predicted molar refractivity (Wildman–Crippen MR) is 86.3 cm³/mol. The Bertz CT molecular complexity index is 675. The number of hydrogen-bond donors (Lipinski definition) is 0. The molecule has 2 amide bonds. The number of carbonyl (C=O) groups is 2. The van der Waals surface area contributed by atoms with Gasteiger partial charge in [-0.2, -0.15) is 0 Å². The molecule has 0 aromatic heterocycles. The fourth-order valence-electron chi connectivity index (χ4n) is 4.00. The maximum absolute atomic E-state index is 12.8. The van der Waals surface area contributed by atoms with Gasteiger partial charge in [0, 0.05) is 0 Å². The summed E-state index contributed by atoms with van der Waals surface area (Å²) in [6.07, 6.45) is 6.12. The zero-order valence-corrected chi connectivity index (χ0v) is 13.7. The highest BCUT2D eigenvalue weighted by atomic mass is 35.5. The number of allylic oxidation sites excluding steroid dienone is 2. The van der Waals surface area contributed by atoms with E-state index in [0.717, 1.165) is 12.8 Å². The molecule has 6 heteroatoms. The van der Waals surface area contributed by atoms with Crippen LogP contribution in [0.3, 0.4) is 0 Å². The Balaban J connectivity index is 1.78. The Kier molecular flexibility index (Phi) is 3.30. The molecule has 4 aliphatic rings. The summed E-state index contributed by atoms with van der Waals surface area (Å²) in [4.78, 5) is 26.8. The van der Waals surface area contributed by atoms with Crippen molar-refractivity contribution in [1.82, 2.24) is 0 Å². The van der Waals surface area contributed by atoms with Gasteiger partial charge in [0.05, 0.1) is 32.6 Å². The van der Waals surface area contributed by atoms with E-state index >= 15 is 0 Å². The second-order valence-electron chi connectivity index (χ2n) is 6.08. The van der Waals surface area contributed by atoms with Gasteiger partial charge in [-0.1, -0.05) is 47.0 Å². The lowest BCUT2D eigenvalue weighted by molar-refractivity contribution is -0.124. The van der Waals surface area contributed by atoms with Crippen LogP contribution < -0.4 is 4.90 Å². The molecule has 1 aliphatic heterocycles. The molecule has 0 radical (unpaired) electrons. The van der Waals surface area contributed by atoms with E-state index in [9.17, 15) is 9.59 Å². The van der Waals surface area contributed by atoms with Crippen molar-refractivity contribution in [3.8, 4) is 0 Å². The van der Waals surface area contributed by atoms with Crippen LogP contribution in [0.1, 0.15) is 12.8 Å². The van der Waals surface area contributed by atoms with E-state index in [1.54, 1.807) is 0 Å². The zero-order chi connectivity index (χ0) is 15.6. The first kappa shape index (κ1) is 14.6. The lowest BCUT2D eigenvalue weighted by atomic mass is 9.63. The summed E-state index contributed by atoms with van der Waals surface area (Å²) in [5, 5.41) is 0.701. The zero-order valence-electron chi connectivity index (χ0n) is 11.4. The van der Waals surface area contributed by atoms with Gasteiger partial charge in [0.1, 0.15) is 0 Å². The number of rotatable bonds is 1. The molecule has 2 bridgehead atoms. The van der Waals surface area contributed by atoms with Gasteiger partial charge in [-0.3, -0.25) is 9.59 Å². The first-order chi connectivity index (χ1) is 10.5. The number of anilines is 1. The number of imide groups is 1. The minimum absolute atomic E-state index is 0.150. The maximum Gasteiger partial charge on any atom is 0.238 e. The quantitative estimate of drug-likeness (QED) is 0.426. The van der Waals surface area contributed by atoms with Gasteiger partial charge in [0.25, 0.3) is 0 Å². The Morgan fingerprint density at radius 3 is 1.73 bits per heavy atom. The van der Waals surface area contributed by atoms with Crippen LogP contribution in [-0.4, -0.2) is 11.8 Å². The van der Waals surface area contributed by atoms with Crippen LogP contribution in [0.2, 0.25) is 15.1 Å². The Morgan fingerprint density at radius 1 is 0.864 bits per heavy atom. The highest BCUT2D eigenvalue weighted by Crippen LogP contribution is 2.51. The minimum Gasteiger partial charge on any atom is -0.274 e. The predicted octanol–water partition coefficient (Wildman–Crippen LogP) is 4.35. The molecule has 0 N–H and O–H groups in total. The average molecular weight is 357 g/mol. The molecular formula is C16H12Cl3NO2. The van der Waals surface area contributed by atoms with Crippen molar-refractivity contribution in [2.24, 2.45) is 23.7 Å². The molecule has 1 saturated heterocycles. The molecule has 1 aromatic rings. The van der Waals surface area contributed by atoms with Crippen LogP contribution in [0, 0.1) is 23.7 Å². The minimum atomic E-state index is -0.246. The maximum atomic E-state index is 12.8. The molecule has 1 aromatic carbocycles. The fourth-order valence-corrected chi connectivity index (χ4v) is 4.58. The van der Waals surface area contributed by atoms with Crippen LogP contribution in [0.25, 0.3) is 0 Å². The third-order valence-electron chi connectivity index (χ3n) is 4.99. The van der Waals surface area contributed by atoms with Crippen LogP contribution in [0.5, 0.6) is 0 Å². The molecule has 2 fully saturated rings. The lowest BCUT2D eigenvalue weighted by Gasteiger charge is -2.38. The molecule has 114 valence electrons. The third kappa shape index (κ3) is 1.89. The first-order valence-electron chi connectivity index (χ1n) is 7.19. The van der Waals surface area contributed by atoms with Crippen molar-refractivity contribution in [2.45, 2.75) is 12.8 Å². The Hall–Kier alpha value is -1.03. The van der Waals surface area contributed by atoms with Crippen LogP contribution in [-0.2, 0) is 9.59 Å². The van der Waals surface area contributed by atoms with Crippen LogP contribution in [0.15, 0.2) is 24.3 Å². The lowest BCUT2D eigenvalue weighted by Crippen LogP contribution is -2.38. The van der Waals surface area contributed by atoms with Crippen LogP contribution in [0.4, 0.5) is 5.69 Å². The van der Waals surface area contributed by atoms with E-state index in [-0.39, 0.29) is 50.6 Å². The van der Waals surface area contributed by atoms with E-state index in [4.69, 9.17) is 34.8 Å². The third-order valence-corrected chi connectivity index (χ3v) is 6.18. The number of fused-ring (bicyclic) bond motifs is 1. The van der Waals surface area contributed by atoms with Crippen molar-refractivity contribution >= 4 is 52.3 Å². The van der Waals surface area contributed by atoms with E-state index in [0.29, 0.717) is 5.69 Å². The summed E-state index contributed by atoms with van der Waals surface area (Å²) in [7, 11) is 0. The van der Waals surface area contributed by atoms with Gasteiger partial charge in [-0.15, -0.1) is 0 Å². The van der Waals surface area contributed by atoms with Gasteiger partial charge < -0.3 is 0 Å². The summed E-state index contributed by atoms with van der Waals surface area (Å²) in [5.74, 6) is -0.467. The van der Waals surface area contributed by atoms with E-state index < -0.39 is 0 Å². The topological polar surface area (TPSA) is 37.4 Å². The summed E-state index contributed by atoms with van der Waals surface area (Å²) >= 11 is 18.0. The number of benzene rings is 1. The van der Waals surface area contributed by atoms with Crippen molar-refractivity contribution < 1.29 is 9.59 Å². The average Bonchev–Trinajstić information content (AvgIpc) is 2.79. The van der Waals surface area contributed by atoms with Crippen LogP contribution >= 0.6 is 34.8 Å². The first-order valence-corrected chi connectivity index (χ1v) is 8.33. The molecule has 22 heavy (non-hydrogen) atoms. The fraction of sp³-hybridized carbons (Fsp3) is 0.375. The second kappa shape index (κ2) is 4.98. The van der Waals surface area contributed by atoms with E-state index in [1.165, 1.54) is 17.0 Å². The normalized spacial score (nSPS) is 32.8. The number of carbonyl (C=O) groups excluding carboxylic acids is 2. The monoisotopic (exact) mass is 355 g/mol. The number of hydrogen-bond acceptors (Lipinski definition) is 2. The molecule has 1 heterocycles. The van der Waals surface area contributed by atoms with Crippen molar-refractivity contribution in [3.05, 3.63) is 39.4 Å². The van der Waals surface area contributed by atoms with E-state index in [2.05, 4.69) is 12.2 Å². The van der Waals surface area contributed by atoms with Gasteiger partial charge in [0.2, 0.25) is 11.8 Å². The van der Waals surface area contributed by atoms with Gasteiger partial charge in [-0.05, 0) is 36.8 Å². The molecule has 0 unspecified atom stereocenters. The largest absolute Gasteiger partial charge is 0.274 e. The van der Waals surface area contributed by atoms with E-state index in [1.807, 2.05) is 0 Å². The van der Waals surface area contributed by atoms with Crippen molar-refractivity contribution in [3.63, 3.8) is 0 Å². The molecule has 0 spiro atoms. The highest BCUT2D eigenvalue weighted by molar-refractivity contribution is 6.48. The van der Waals surface area contributed by atoms with Crippen molar-refractivity contribution in [1.29, 1.82) is 0 Å². The molecule has 3 aliphatic carbocycles. The number of amides is 2. The highest BCUT2D eigenvalue weighted by Gasteiger charge is 2.56. The SMILES string of the molecule is O=C1[C@@H]2[C@H](C(=O)N1c1cc(Cl)c(Cl)c(Cl)c1)[C@@H]1C=C[C@H]2CC1. The molecule has 3 nitrogen and oxygen atoms in total. The number of nitrogens with zero attached hydrogens (tertiary/aromatic N) is 1. The Labute approximate surface area is 142 Å². The summed E-state index contributed by atoms with van der Waals surface area (Å²) in [6.45, 7) is 0. The van der Waals surface area contributed by atoms with Crippen molar-refractivity contribution in [2.75, 3.05) is 4.90 Å². The molecule has 4 atom stereocenters. The van der Waals surface area contributed by atoms with Gasteiger partial charge in [-0.25, -0.2) is 4.90 Å². The Morgan fingerprint density at radius 2 is 1.32 bits per heavy atom. The van der Waals surface area contributed by atoms with Gasteiger partial charge in [0.15, 0.2) is 0 Å². The molecular weight excluding hydrogens is 345 g/mol. The second-order valence-corrected chi connectivity index (χ2v) is 7.27. The summed E-state index contributed by atoms with van der Waals surface area (Å²) in [5.41, 5.74) is 0.406. The standard InChI is InChI=1S/C16H12Cl3NO2/c17-10-5-9(6-11(18)14(10)19)20-15(21)12-7-1-2-8(4-3-7)13(12)16(20)22/h1-2,5-8,12-13H,3-4H2/t7-,8+,12-,13+. The number of halogens is 3. The molecule has 5 rings (SSSR count). The summed E-state index contributed by atoms with van der Waals surface area (Å²) in [6, 6.07) is 3.05. The van der Waals surface area contributed by atoms with Gasteiger partial charge >= 0.3 is 0 Å². The summed E-state index contributed by atoms with van der Waals surface area (Å²) < 4.78 is 0.